The Labute approximate surface area is 180 Å². The van der Waals surface area contributed by atoms with Crippen LogP contribution in [0.25, 0.3) is 5.52 Å². The molecule has 3 aromatic rings. The lowest BCUT2D eigenvalue weighted by Crippen LogP contribution is -2.34. The van der Waals surface area contributed by atoms with Gasteiger partial charge in [-0.3, -0.25) is 4.79 Å². The van der Waals surface area contributed by atoms with E-state index in [1.54, 1.807) is 17.5 Å². The van der Waals surface area contributed by atoms with Crippen LogP contribution in [0.3, 0.4) is 0 Å². The molecule has 1 fully saturated rings. The Hall–Kier alpha value is -2.80. The number of halogens is 2. The number of fused-ring (bicyclic) bond motifs is 1. The van der Waals surface area contributed by atoms with Gasteiger partial charge in [-0.1, -0.05) is 12.5 Å². The number of nitrogens with one attached hydrogen (secondary N) is 1. The topological polar surface area (TPSA) is 55.6 Å². The van der Waals surface area contributed by atoms with E-state index in [-0.39, 0.29) is 18.0 Å². The maximum Gasteiger partial charge on any atom is 0.215 e. The zero-order chi connectivity index (χ0) is 22.0. The first-order valence-corrected chi connectivity index (χ1v) is 10.8. The van der Waals surface area contributed by atoms with E-state index in [1.807, 2.05) is 13.0 Å². The Morgan fingerprint density at radius 1 is 1.23 bits per heavy atom. The second-order valence-corrected chi connectivity index (χ2v) is 8.23. The van der Waals surface area contributed by atoms with Gasteiger partial charge in [-0.15, -0.1) is 0 Å². The van der Waals surface area contributed by atoms with Gasteiger partial charge in [0.05, 0.1) is 22.3 Å². The van der Waals surface area contributed by atoms with Gasteiger partial charge in [-0.05, 0) is 63.4 Å². The van der Waals surface area contributed by atoms with Gasteiger partial charge >= 0.3 is 0 Å². The fraction of sp³-hybridized carbons (Fsp3) is 0.417. The molecule has 7 heteroatoms. The van der Waals surface area contributed by atoms with E-state index in [2.05, 4.69) is 10.4 Å². The van der Waals surface area contributed by atoms with Crippen LogP contribution in [0.1, 0.15) is 59.3 Å². The van der Waals surface area contributed by atoms with Crippen molar-refractivity contribution in [1.82, 2.24) is 14.9 Å². The van der Waals surface area contributed by atoms with Crippen LogP contribution in [0, 0.1) is 25.5 Å². The van der Waals surface area contributed by atoms with E-state index in [0.29, 0.717) is 35.1 Å². The van der Waals surface area contributed by atoms with Crippen LogP contribution in [0.2, 0.25) is 0 Å². The van der Waals surface area contributed by atoms with Gasteiger partial charge in [-0.2, -0.15) is 5.10 Å². The monoisotopic (exact) mass is 427 g/mol. The Morgan fingerprint density at radius 2 is 2.00 bits per heavy atom. The smallest absolute Gasteiger partial charge is 0.215 e. The lowest BCUT2D eigenvalue weighted by Gasteiger charge is -2.22. The number of piperidine rings is 1. The quantitative estimate of drug-likeness (QED) is 0.544. The van der Waals surface area contributed by atoms with Gasteiger partial charge in [0.2, 0.25) is 5.88 Å². The minimum absolute atomic E-state index is 0.0524. The highest BCUT2D eigenvalue weighted by Crippen LogP contribution is 2.26. The largest absolute Gasteiger partial charge is 0.473 e. The molecular formula is C24H27F2N3O2. The zero-order valence-electron chi connectivity index (χ0n) is 17.9. The summed E-state index contributed by atoms with van der Waals surface area (Å²) in [5.41, 5.74) is 2.59. The average molecular weight is 427 g/mol. The van der Waals surface area contributed by atoms with Crippen molar-refractivity contribution in [2.45, 2.75) is 58.6 Å². The van der Waals surface area contributed by atoms with Gasteiger partial charge in [-0.25, -0.2) is 13.3 Å². The van der Waals surface area contributed by atoms with Crippen molar-refractivity contribution < 1.29 is 18.3 Å². The molecule has 0 radical (unpaired) electrons. The molecule has 0 unspecified atom stereocenters. The van der Waals surface area contributed by atoms with Crippen LogP contribution in [-0.2, 0) is 6.61 Å². The number of aryl methyl sites for hydroxylation is 2. The zero-order valence-corrected chi connectivity index (χ0v) is 17.9. The first-order chi connectivity index (χ1) is 14.9. The van der Waals surface area contributed by atoms with Crippen molar-refractivity contribution in [2.75, 3.05) is 6.54 Å². The third kappa shape index (κ3) is 4.61. The highest BCUT2D eigenvalue weighted by molar-refractivity contribution is 6.03. The van der Waals surface area contributed by atoms with Crippen molar-refractivity contribution in [2.24, 2.45) is 0 Å². The maximum absolute atomic E-state index is 14.0. The molecular weight excluding hydrogens is 400 g/mol. The SMILES string of the molecule is Cc1cc(OCc2c(F)cccc2F)n2nc(C)c(C(=O)CC[C@@H]3CCCCN3)c2c1. The fourth-order valence-corrected chi connectivity index (χ4v) is 4.22. The van der Waals surface area contributed by atoms with Crippen LogP contribution in [-0.4, -0.2) is 28.0 Å². The number of ether oxygens (including phenoxy) is 1. The summed E-state index contributed by atoms with van der Waals surface area (Å²) in [5, 5.41) is 7.97. The molecule has 1 atom stereocenters. The molecule has 1 aromatic carbocycles. The van der Waals surface area contributed by atoms with Crippen LogP contribution in [0.4, 0.5) is 8.78 Å². The summed E-state index contributed by atoms with van der Waals surface area (Å²) in [6.45, 7) is 4.43. The molecule has 0 bridgehead atoms. The van der Waals surface area contributed by atoms with E-state index >= 15 is 0 Å². The van der Waals surface area contributed by atoms with Crippen LogP contribution < -0.4 is 10.1 Å². The summed E-state index contributed by atoms with van der Waals surface area (Å²) in [4.78, 5) is 13.1. The molecule has 31 heavy (non-hydrogen) atoms. The highest BCUT2D eigenvalue weighted by atomic mass is 19.1. The van der Waals surface area contributed by atoms with E-state index < -0.39 is 11.6 Å². The van der Waals surface area contributed by atoms with Crippen molar-refractivity contribution >= 4 is 11.3 Å². The minimum atomic E-state index is -0.660. The number of ketones is 1. The van der Waals surface area contributed by atoms with E-state index in [4.69, 9.17) is 4.74 Å². The predicted octanol–water partition coefficient (Wildman–Crippen LogP) is 4.91. The first-order valence-electron chi connectivity index (χ1n) is 10.8. The van der Waals surface area contributed by atoms with Crippen molar-refractivity contribution in [3.63, 3.8) is 0 Å². The number of hydrogen-bond donors (Lipinski definition) is 1. The summed E-state index contributed by atoms with van der Waals surface area (Å²) >= 11 is 0. The highest BCUT2D eigenvalue weighted by Gasteiger charge is 2.22. The number of carbonyl (C=O) groups excluding carboxylic acids is 1. The summed E-state index contributed by atoms with van der Waals surface area (Å²) in [6.07, 6.45) is 4.74. The number of aromatic nitrogens is 2. The lowest BCUT2D eigenvalue weighted by molar-refractivity contribution is 0.0975. The number of benzene rings is 1. The van der Waals surface area contributed by atoms with E-state index in [9.17, 15) is 13.6 Å². The summed E-state index contributed by atoms with van der Waals surface area (Å²) in [7, 11) is 0. The number of pyridine rings is 1. The number of rotatable bonds is 7. The maximum atomic E-state index is 14.0. The molecule has 5 nitrogen and oxygen atoms in total. The third-order valence-electron chi connectivity index (χ3n) is 5.86. The minimum Gasteiger partial charge on any atom is -0.473 e. The molecule has 0 aliphatic carbocycles. The van der Waals surface area contributed by atoms with Crippen LogP contribution in [0.15, 0.2) is 30.3 Å². The Bertz CT molecular complexity index is 1080. The second kappa shape index (κ2) is 9.14. The lowest BCUT2D eigenvalue weighted by atomic mass is 9.97. The fourth-order valence-electron chi connectivity index (χ4n) is 4.22. The first kappa shape index (κ1) is 21.4. The molecule has 0 spiro atoms. The Kier molecular flexibility index (Phi) is 6.32. The molecule has 1 N–H and O–H groups in total. The number of hydrogen-bond acceptors (Lipinski definition) is 4. The van der Waals surface area contributed by atoms with E-state index in [1.165, 1.54) is 31.0 Å². The number of Topliss-reactive ketones (excluding diaryl/α,β-unsaturated/α-hetero) is 1. The average Bonchev–Trinajstić information content (AvgIpc) is 3.08. The number of nitrogens with zero attached hydrogens (tertiary/aromatic N) is 2. The second-order valence-electron chi connectivity index (χ2n) is 8.23. The third-order valence-corrected chi connectivity index (χ3v) is 5.86. The molecule has 1 aliphatic heterocycles. The number of carbonyl (C=O) groups is 1. The van der Waals surface area contributed by atoms with Gasteiger partial charge < -0.3 is 10.1 Å². The van der Waals surface area contributed by atoms with E-state index in [0.717, 1.165) is 24.9 Å². The summed E-state index contributed by atoms with van der Waals surface area (Å²) in [5.74, 6) is -0.925. The van der Waals surface area contributed by atoms with Crippen molar-refractivity contribution in [3.8, 4) is 5.88 Å². The van der Waals surface area contributed by atoms with Gasteiger partial charge in [0.15, 0.2) is 5.78 Å². The standard InChI is InChI=1S/C24H27F2N3O2/c1-15-12-21-24(22(30)10-9-17-6-3-4-11-27-17)16(2)28-29(21)23(13-15)31-14-18-19(25)7-5-8-20(18)26/h5,7-8,12-13,17,27H,3-4,6,9-11,14H2,1-2H3/t17-/m0/s1. The molecule has 2 aromatic heterocycles. The van der Waals surface area contributed by atoms with Crippen LogP contribution >= 0.6 is 0 Å². The summed E-state index contributed by atoms with van der Waals surface area (Å²) in [6, 6.07) is 7.74. The predicted molar refractivity (Wildman–Crippen MR) is 115 cm³/mol. The van der Waals surface area contributed by atoms with Gasteiger partial charge in [0.25, 0.3) is 0 Å². The molecule has 164 valence electrons. The Balaban J connectivity index is 1.58. The molecule has 1 saturated heterocycles. The molecule has 0 saturated carbocycles. The van der Waals surface area contributed by atoms with Crippen molar-refractivity contribution in [3.05, 3.63) is 64.4 Å². The van der Waals surface area contributed by atoms with Gasteiger partial charge in [0, 0.05) is 18.5 Å². The normalized spacial score (nSPS) is 16.6. The summed E-state index contributed by atoms with van der Waals surface area (Å²) < 4.78 is 35.2. The van der Waals surface area contributed by atoms with Gasteiger partial charge in [0.1, 0.15) is 18.2 Å². The molecule has 0 amide bonds. The molecule has 4 rings (SSSR count). The van der Waals surface area contributed by atoms with Crippen molar-refractivity contribution in [1.29, 1.82) is 0 Å². The molecule has 1 aliphatic rings. The van der Waals surface area contributed by atoms with Crippen LogP contribution in [0.5, 0.6) is 5.88 Å². The Morgan fingerprint density at radius 3 is 2.71 bits per heavy atom. The molecule has 3 heterocycles.